The van der Waals surface area contributed by atoms with Crippen LogP contribution < -0.4 is 10.2 Å². The van der Waals surface area contributed by atoms with E-state index in [0.717, 1.165) is 13.1 Å². The number of nitrogens with zero attached hydrogens (tertiary/aromatic N) is 3. The van der Waals surface area contributed by atoms with Gasteiger partial charge in [-0.05, 0) is 25.0 Å². The van der Waals surface area contributed by atoms with Crippen molar-refractivity contribution in [1.29, 1.82) is 0 Å². The van der Waals surface area contributed by atoms with Crippen molar-refractivity contribution in [2.24, 2.45) is 0 Å². The van der Waals surface area contributed by atoms with E-state index in [0.29, 0.717) is 34.5 Å². The largest absolute Gasteiger partial charge is 0.422 e. The molecular weight excluding hydrogens is 252 g/mol. The summed E-state index contributed by atoms with van der Waals surface area (Å²) in [6.45, 7) is 2.01. The Morgan fingerprint density at radius 3 is 2.78 bits per heavy atom. The van der Waals surface area contributed by atoms with E-state index in [2.05, 4.69) is 20.2 Å². The first-order chi connectivity index (χ1) is 8.81. The third-order valence-corrected chi connectivity index (χ3v) is 4.02. The predicted molar refractivity (Wildman–Crippen MR) is 69.0 cm³/mol. The molecule has 1 N–H and O–H groups in total. The van der Waals surface area contributed by atoms with Crippen molar-refractivity contribution in [3.63, 3.8) is 0 Å². The van der Waals surface area contributed by atoms with Crippen molar-refractivity contribution >= 4 is 28.8 Å². The van der Waals surface area contributed by atoms with Crippen LogP contribution >= 0.6 is 11.6 Å². The number of piperazine rings is 1. The fraction of sp³-hybridized carbons (Fsp3) is 0.500. The summed E-state index contributed by atoms with van der Waals surface area (Å²) in [4.78, 5) is 11.0. The zero-order valence-electron chi connectivity index (χ0n) is 9.77. The molecule has 2 unspecified atom stereocenters. The van der Waals surface area contributed by atoms with E-state index >= 15 is 0 Å². The molecule has 0 spiro atoms. The lowest BCUT2D eigenvalue weighted by molar-refractivity contribution is 0.442. The Balaban J connectivity index is 1.78. The van der Waals surface area contributed by atoms with Gasteiger partial charge in [0, 0.05) is 25.2 Å². The molecule has 2 saturated heterocycles. The third kappa shape index (κ3) is 1.51. The molecule has 0 aliphatic carbocycles. The molecule has 4 rings (SSSR count). The number of fused-ring (bicyclic) bond motifs is 3. The smallest absolute Gasteiger partial charge is 0.300 e. The van der Waals surface area contributed by atoms with Crippen LogP contribution in [-0.2, 0) is 0 Å². The van der Waals surface area contributed by atoms with Crippen molar-refractivity contribution in [3.05, 3.63) is 17.3 Å². The number of nitrogens with one attached hydrogen (secondary N) is 1. The number of aromatic nitrogens is 2. The van der Waals surface area contributed by atoms with Crippen molar-refractivity contribution in [2.45, 2.75) is 24.9 Å². The lowest BCUT2D eigenvalue weighted by atomic mass is 10.2. The predicted octanol–water partition coefficient (Wildman–Crippen LogP) is 1.82. The van der Waals surface area contributed by atoms with Gasteiger partial charge in [0.05, 0.1) is 0 Å². The van der Waals surface area contributed by atoms with Gasteiger partial charge in [0.25, 0.3) is 0 Å². The first-order valence-electron chi connectivity index (χ1n) is 6.23. The highest BCUT2D eigenvalue weighted by molar-refractivity contribution is 6.29. The quantitative estimate of drug-likeness (QED) is 0.797. The standard InChI is InChI=1S/C12H13ClN4O/c13-10-4-3-9-11(15-10)16-12(18-9)17-7-1-2-8(17)6-14-5-7/h3-4,7-8,14H,1-2,5-6H2. The van der Waals surface area contributed by atoms with Gasteiger partial charge in [-0.25, -0.2) is 4.98 Å². The molecule has 4 heterocycles. The molecule has 5 nitrogen and oxygen atoms in total. The van der Waals surface area contributed by atoms with Gasteiger partial charge in [0.1, 0.15) is 5.15 Å². The third-order valence-electron chi connectivity index (χ3n) is 3.81. The molecule has 2 aliphatic rings. The summed E-state index contributed by atoms with van der Waals surface area (Å²) in [5, 5.41) is 3.89. The van der Waals surface area contributed by atoms with Crippen LogP contribution in [0.2, 0.25) is 5.15 Å². The van der Waals surface area contributed by atoms with Gasteiger partial charge in [0.2, 0.25) is 5.65 Å². The SMILES string of the molecule is Clc1ccc2oc(N3C4CCC3CNC4)nc2n1. The fourth-order valence-electron chi connectivity index (χ4n) is 2.99. The van der Waals surface area contributed by atoms with Crippen LogP contribution in [0.4, 0.5) is 6.01 Å². The Hall–Kier alpha value is -1.33. The molecule has 2 bridgehead atoms. The minimum Gasteiger partial charge on any atom is -0.422 e. The minimum atomic E-state index is 0.450. The van der Waals surface area contributed by atoms with E-state index in [1.165, 1.54) is 12.8 Å². The summed E-state index contributed by atoms with van der Waals surface area (Å²) >= 11 is 5.87. The van der Waals surface area contributed by atoms with Gasteiger partial charge in [-0.2, -0.15) is 4.98 Å². The second kappa shape index (κ2) is 3.83. The molecule has 2 aromatic heterocycles. The van der Waals surface area contributed by atoms with Crippen LogP contribution in [-0.4, -0.2) is 35.1 Å². The van der Waals surface area contributed by atoms with Crippen molar-refractivity contribution in [2.75, 3.05) is 18.0 Å². The van der Waals surface area contributed by atoms with Gasteiger partial charge >= 0.3 is 6.01 Å². The summed E-state index contributed by atoms with van der Waals surface area (Å²) < 4.78 is 5.81. The van der Waals surface area contributed by atoms with Crippen LogP contribution in [0.3, 0.4) is 0 Å². The lowest BCUT2D eigenvalue weighted by Crippen LogP contribution is -2.52. The fourth-order valence-corrected chi connectivity index (χ4v) is 3.13. The summed E-state index contributed by atoms with van der Waals surface area (Å²) in [6, 6.07) is 5.23. The zero-order chi connectivity index (χ0) is 12.1. The first-order valence-corrected chi connectivity index (χ1v) is 6.61. The van der Waals surface area contributed by atoms with Crippen molar-refractivity contribution in [3.8, 4) is 0 Å². The second-order valence-electron chi connectivity index (χ2n) is 4.90. The summed E-state index contributed by atoms with van der Waals surface area (Å²) in [5.74, 6) is 0. The molecular formula is C12H13ClN4O. The molecule has 18 heavy (non-hydrogen) atoms. The summed E-state index contributed by atoms with van der Waals surface area (Å²) in [6.07, 6.45) is 2.40. The summed E-state index contributed by atoms with van der Waals surface area (Å²) in [5.41, 5.74) is 1.29. The Labute approximate surface area is 109 Å². The molecule has 0 aromatic carbocycles. The Morgan fingerprint density at radius 2 is 2.00 bits per heavy atom. The molecule has 2 aliphatic heterocycles. The number of oxazole rings is 1. The Kier molecular flexibility index (Phi) is 2.25. The van der Waals surface area contributed by atoms with Crippen LogP contribution in [0.1, 0.15) is 12.8 Å². The maximum Gasteiger partial charge on any atom is 0.300 e. The highest BCUT2D eigenvalue weighted by atomic mass is 35.5. The summed E-state index contributed by atoms with van der Waals surface area (Å²) in [7, 11) is 0. The average Bonchev–Trinajstić information content (AvgIpc) is 2.87. The van der Waals surface area contributed by atoms with Crippen LogP contribution in [0, 0.1) is 0 Å². The van der Waals surface area contributed by atoms with E-state index in [1.54, 1.807) is 6.07 Å². The van der Waals surface area contributed by atoms with Gasteiger partial charge < -0.3 is 14.6 Å². The molecule has 0 amide bonds. The molecule has 6 heteroatoms. The molecule has 2 fully saturated rings. The number of hydrogen-bond donors (Lipinski definition) is 1. The zero-order valence-corrected chi connectivity index (χ0v) is 10.5. The maximum atomic E-state index is 5.87. The second-order valence-corrected chi connectivity index (χ2v) is 5.29. The van der Waals surface area contributed by atoms with E-state index in [-0.39, 0.29) is 0 Å². The van der Waals surface area contributed by atoms with Crippen molar-refractivity contribution in [1.82, 2.24) is 15.3 Å². The minimum absolute atomic E-state index is 0.450. The molecule has 2 atom stereocenters. The van der Waals surface area contributed by atoms with Gasteiger partial charge in [-0.3, -0.25) is 0 Å². The normalized spacial score (nSPS) is 27.1. The number of pyridine rings is 1. The highest BCUT2D eigenvalue weighted by Crippen LogP contribution is 2.33. The number of hydrogen-bond acceptors (Lipinski definition) is 5. The van der Waals surface area contributed by atoms with E-state index in [1.807, 2.05) is 6.07 Å². The van der Waals surface area contributed by atoms with Gasteiger partial charge in [-0.1, -0.05) is 11.6 Å². The molecule has 0 saturated carbocycles. The molecule has 0 radical (unpaired) electrons. The molecule has 94 valence electrons. The van der Waals surface area contributed by atoms with E-state index in [4.69, 9.17) is 16.0 Å². The highest BCUT2D eigenvalue weighted by Gasteiger charge is 2.39. The lowest BCUT2D eigenvalue weighted by Gasteiger charge is -2.33. The van der Waals surface area contributed by atoms with E-state index < -0.39 is 0 Å². The number of halogens is 1. The molecule has 2 aromatic rings. The van der Waals surface area contributed by atoms with Gasteiger partial charge in [-0.15, -0.1) is 0 Å². The van der Waals surface area contributed by atoms with Crippen molar-refractivity contribution < 1.29 is 4.42 Å². The Bertz CT molecular complexity index is 583. The average molecular weight is 265 g/mol. The van der Waals surface area contributed by atoms with Crippen LogP contribution in [0.25, 0.3) is 11.2 Å². The Morgan fingerprint density at radius 1 is 1.22 bits per heavy atom. The van der Waals surface area contributed by atoms with Crippen LogP contribution in [0.5, 0.6) is 0 Å². The topological polar surface area (TPSA) is 54.2 Å². The monoisotopic (exact) mass is 264 g/mol. The van der Waals surface area contributed by atoms with E-state index in [9.17, 15) is 0 Å². The first kappa shape index (κ1) is 10.6. The van der Waals surface area contributed by atoms with Gasteiger partial charge in [0.15, 0.2) is 5.58 Å². The van der Waals surface area contributed by atoms with Crippen LogP contribution in [0.15, 0.2) is 16.5 Å². The number of anilines is 1. The maximum absolute atomic E-state index is 5.87. The number of rotatable bonds is 1.